The van der Waals surface area contributed by atoms with Crippen LogP contribution in [0, 0.1) is 11.8 Å². The molecular weight excluding hydrogens is 424 g/mol. The van der Waals surface area contributed by atoms with E-state index in [1.54, 1.807) is 26.0 Å². The van der Waals surface area contributed by atoms with Crippen molar-refractivity contribution < 1.29 is 24.2 Å². The minimum atomic E-state index is -1.13. The lowest BCUT2D eigenvalue weighted by atomic mass is 9.86. The number of hydrogen-bond donors (Lipinski definition) is 4. The van der Waals surface area contributed by atoms with Crippen LogP contribution in [0.5, 0.6) is 0 Å². The van der Waals surface area contributed by atoms with E-state index in [-0.39, 0.29) is 11.8 Å². The fourth-order valence-electron chi connectivity index (χ4n) is 3.88. The quantitative estimate of drug-likeness (QED) is 0.386. The van der Waals surface area contributed by atoms with Crippen molar-refractivity contribution in [2.75, 3.05) is 0 Å². The minimum Gasteiger partial charge on any atom is -0.480 e. The topological polar surface area (TPSA) is 157 Å². The number of carbonyl (C=O) groups is 2. The first-order chi connectivity index (χ1) is 15.6. The lowest BCUT2D eigenvalue weighted by molar-refractivity contribution is -0.140. The summed E-state index contributed by atoms with van der Waals surface area (Å²) in [5, 5.41) is 19.0. The zero-order valence-electron chi connectivity index (χ0n) is 18.5. The second-order valence-corrected chi connectivity index (χ2v) is 8.51. The van der Waals surface area contributed by atoms with Gasteiger partial charge in [-0.25, -0.2) is 0 Å². The van der Waals surface area contributed by atoms with Gasteiger partial charge < -0.3 is 26.1 Å². The Bertz CT molecular complexity index is 1220. The number of carboxylic acid groups (broad SMARTS) is 2. The molecule has 3 unspecified atom stereocenters. The van der Waals surface area contributed by atoms with Gasteiger partial charge in [-0.1, -0.05) is 50.2 Å². The summed E-state index contributed by atoms with van der Waals surface area (Å²) >= 11 is 0. The third-order valence-corrected chi connectivity index (χ3v) is 6.02. The summed E-state index contributed by atoms with van der Waals surface area (Å²) < 4.78 is 6.20. The predicted molar refractivity (Wildman–Crippen MR) is 125 cm³/mol. The van der Waals surface area contributed by atoms with Gasteiger partial charge >= 0.3 is 11.9 Å². The zero-order valence-corrected chi connectivity index (χ0v) is 18.5. The fourth-order valence-corrected chi connectivity index (χ4v) is 3.88. The summed E-state index contributed by atoms with van der Waals surface area (Å²) in [6.45, 7) is 3.45. The number of benzene rings is 2. The van der Waals surface area contributed by atoms with Crippen LogP contribution >= 0.6 is 0 Å². The zero-order chi connectivity index (χ0) is 24.3. The van der Waals surface area contributed by atoms with Crippen LogP contribution in [0.2, 0.25) is 0 Å². The Balaban J connectivity index is 2.19. The third kappa shape index (κ3) is 5.30. The molecule has 0 aliphatic carbocycles. The predicted octanol–water partition coefficient (Wildman–Crippen LogP) is 2.64. The molecule has 0 fully saturated rings. The summed E-state index contributed by atoms with van der Waals surface area (Å²) in [7, 11) is 0. The van der Waals surface area contributed by atoms with Crippen molar-refractivity contribution in [2.45, 2.75) is 38.8 Å². The van der Waals surface area contributed by atoms with E-state index in [0.29, 0.717) is 28.7 Å². The van der Waals surface area contributed by atoms with E-state index in [9.17, 15) is 24.6 Å². The molecule has 6 N–H and O–H groups in total. The van der Waals surface area contributed by atoms with Gasteiger partial charge in [0, 0.05) is 11.6 Å². The highest BCUT2D eigenvalue weighted by atomic mass is 16.4. The molecule has 4 atom stereocenters. The Morgan fingerprint density at radius 1 is 0.909 bits per heavy atom. The van der Waals surface area contributed by atoms with Gasteiger partial charge in [0.05, 0.1) is 5.39 Å². The van der Waals surface area contributed by atoms with Crippen molar-refractivity contribution in [1.82, 2.24) is 0 Å². The first-order valence-electron chi connectivity index (χ1n) is 10.7. The highest BCUT2D eigenvalue weighted by molar-refractivity contribution is 5.83. The van der Waals surface area contributed by atoms with Crippen molar-refractivity contribution >= 4 is 22.9 Å². The molecule has 174 valence electrons. The summed E-state index contributed by atoms with van der Waals surface area (Å²) in [4.78, 5) is 35.7. The molecule has 0 saturated heterocycles. The van der Waals surface area contributed by atoms with Gasteiger partial charge in [-0.15, -0.1) is 0 Å². The molecule has 0 amide bonds. The maximum atomic E-state index is 12.9. The molecule has 0 bridgehead atoms. The van der Waals surface area contributed by atoms with Gasteiger partial charge in [0.1, 0.15) is 23.4 Å². The van der Waals surface area contributed by atoms with Crippen molar-refractivity contribution in [3.63, 3.8) is 0 Å². The number of hydrogen-bond acceptors (Lipinski definition) is 6. The number of nitrogens with two attached hydrogens (primary N) is 2. The van der Waals surface area contributed by atoms with Crippen LogP contribution in [0.1, 0.15) is 25.0 Å². The molecule has 8 nitrogen and oxygen atoms in total. The van der Waals surface area contributed by atoms with Crippen LogP contribution in [-0.2, 0) is 22.4 Å². The van der Waals surface area contributed by atoms with Crippen LogP contribution in [0.25, 0.3) is 22.3 Å². The summed E-state index contributed by atoms with van der Waals surface area (Å²) in [5.41, 5.74) is 13.9. The van der Waals surface area contributed by atoms with Gasteiger partial charge in [0.2, 0.25) is 0 Å². The smallest absolute Gasteiger partial charge is 0.320 e. The maximum Gasteiger partial charge on any atom is 0.320 e. The molecule has 0 aliphatic heterocycles. The van der Waals surface area contributed by atoms with Crippen molar-refractivity contribution in [1.29, 1.82) is 0 Å². The number of rotatable bonds is 9. The molecule has 3 aromatic rings. The standard InChI is InChI=1S/C25H28N2O6/c1-13(21(26)24(29)30)10-16-8-9-17-19(28)12-20(15-6-4-3-5-7-15)33-23(17)18(16)11-14(2)22(27)25(31)32/h3-9,12-14,21-22H,10-11,26-27H2,1-2H3,(H,29,30)(H,31,32)/t13?,14?,21-,22?/m0/s1. The van der Waals surface area contributed by atoms with E-state index >= 15 is 0 Å². The molecule has 0 spiro atoms. The van der Waals surface area contributed by atoms with Crippen LogP contribution in [0.3, 0.4) is 0 Å². The Labute approximate surface area is 190 Å². The van der Waals surface area contributed by atoms with E-state index < -0.39 is 35.9 Å². The molecule has 1 aromatic heterocycles. The monoisotopic (exact) mass is 452 g/mol. The maximum absolute atomic E-state index is 12.9. The Morgan fingerprint density at radius 3 is 2.06 bits per heavy atom. The van der Waals surface area contributed by atoms with Crippen molar-refractivity contribution in [3.05, 3.63) is 69.9 Å². The van der Waals surface area contributed by atoms with Gasteiger partial charge in [-0.3, -0.25) is 14.4 Å². The van der Waals surface area contributed by atoms with E-state index in [0.717, 1.165) is 11.1 Å². The molecular formula is C25H28N2O6. The SMILES string of the molecule is CC(Cc1c(CC(C)[C@H](N)C(=O)O)ccc2c(=O)cc(-c3ccccc3)oc12)C(N)C(=O)O. The highest BCUT2D eigenvalue weighted by Crippen LogP contribution is 2.30. The summed E-state index contributed by atoms with van der Waals surface area (Å²) in [5.74, 6) is -2.73. The molecule has 0 radical (unpaired) electrons. The minimum absolute atomic E-state index is 0.228. The van der Waals surface area contributed by atoms with Crippen LogP contribution < -0.4 is 16.9 Å². The first-order valence-corrected chi connectivity index (χ1v) is 10.7. The second-order valence-electron chi connectivity index (χ2n) is 8.51. The van der Waals surface area contributed by atoms with Crippen LogP contribution in [0.4, 0.5) is 0 Å². The normalized spacial score (nSPS) is 15.0. The second kappa shape index (κ2) is 9.97. The highest BCUT2D eigenvalue weighted by Gasteiger charge is 2.26. The largest absolute Gasteiger partial charge is 0.480 e. The van der Waals surface area contributed by atoms with Crippen molar-refractivity contribution in [2.24, 2.45) is 23.3 Å². The molecule has 0 aliphatic rings. The average Bonchev–Trinajstić information content (AvgIpc) is 2.79. The molecule has 33 heavy (non-hydrogen) atoms. The molecule has 1 heterocycles. The van der Waals surface area contributed by atoms with Gasteiger partial charge in [0.25, 0.3) is 0 Å². The number of carboxylic acids is 2. The third-order valence-electron chi connectivity index (χ3n) is 6.02. The Kier molecular flexibility index (Phi) is 7.30. The number of aliphatic carboxylic acids is 2. The van der Waals surface area contributed by atoms with E-state index in [4.69, 9.17) is 15.9 Å². The Hall–Kier alpha value is -3.49. The van der Waals surface area contributed by atoms with Gasteiger partial charge in [-0.2, -0.15) is 0 Å². The lowest BCUT2D eigenvalue weighted by Crippen LogP contribution is -2.38. The molecule has 0 saturated carbocycles. The summed E-state index contributed by atoms with van der Waals surface area (Å²) in [6.07, 6.45) is 0.545. The van der Waals surface area contributed by atoms with Crippen LogP contribution in [-0.4, -0.2) is 34.2 Å². The molecule has 2 aromatic carbocycles. The molecule has 8 heteroatoms. The average molecular weight is 453 g/mol. The van der Waals surface area contributed by atoms with Gasteiger partial charge in [0.15, 0.2) is 5.43 Å². The van der Waals surface area contributed by atoms with Crippen molar-refractivity contribution in [3.8, 4) is 11.3 Å². The molecule has 3 rings (SSSR count). The van der Waals surface area contributed by atoms with E-state index in [1.165, 1.54) is 6.07 Å². The summed E-state index contributed by atoms with van der Waals surface area (Å²) in [6, 6.07) is 11.8. The van der Waals surface area contributed by atoms with Crippen LogP contribution in [0.15, 0.2) is 57.7 Å². The van der Waals surface area contributed by atoms with E-state index in [1.807, 2.05) is 30.3 Å². The number of fused-ring (bicyclic) bond motifs is 1. The first kappa shape index (κ1) is 24.2. The Morgan fingerprint density at radius 2 is 1.48 bits per heavy atom. The van der Waals surface area contributed by atoms with Gasteiger partial charge in [-0.05, 0) is 41.9 Å². The fraction of sp³-hybridized carbons (Fsp3) is 0.320. The lowest BCUT2D eigenvalue weighted by Gasteiger charge is -2.22. The van der Waals surface area contributed by atoms with E-state index in [2.05, 4.69) is 0 Å².